The lowest BCUT2D eigenvalue weighted by Crippen LogP contribution is -2.42. The summed E-state index contributed by atoms with van der Waals surface area (Å²) in [5.74, 6) is 11.1. The monoisotopic (exact) mass is 2200 g/mol. The van der Waals surface area contributed by atoms with Crippen LogP contribution in [0.25, 0.3) is 0 Å². The number of carbonyl (C=O) groups is 1. The Balaban J connectivity index is -0.00000165. The maximum absolute atomic E-state index is 12.6. The van der Waals surface area contributed by atoms with Crippen LogP contribution in [0.2, 0.25) is 36.3 Å². The average Bonchev–Trinajstić information content (AvgIpc) is 0.839. The third-order valence-electron chi connectivity index (χ3n) is 22.6. The number of aliphatic hydroxyl groups is 2. The number of phenolic OH excluding ortho intramolecular Hbond substituents is 1. The quantitative estimate of drug-likeness (QED) is 0.0119. The first-order valence-electron chi connectivity index (χ1n) is 48.2. The summed E-state index contributed by atoms with van der Waals surface area (Å²) in [6.45, 7) is 56.9. The van der Waals surface area contributed by atoms with E-state index in [9.17, 15) is 44.3 Å². The molecule has 0 aliphatic rings. The molecule has 8 rings (SSSR count). The number of phenols is 1. The number of benzene rings is 8. The van der Waals surface area contributed by atoms with Crippen LogP contribution >= 0.6 is 59.7 Å². The molecule has 0 heterocycles. The van der Waals surface area contributed by atoms with Crippen molar-refractivity contribution in [2.24, 2.45) is 29.6 Å². The summed E-state index contributed by atoms with van der Waals surface area (Å²) in [6, 6.07) is 44.0. The lowest BCUT2D eigenvalue weighted by atomic mass is 10.1. The molecule has 0 unspecified atom stereocenters. The molecule has 147 heavy (non-hydrogen) atoms. The zero-order chi connectivity index (χ0) is 113. The zero-order valence-corrected chi connectivity index (χ0v) is 95.9. The van der Waals surface area contributed by atoms with Crippen molar-refractivity contribution in [2.75, 3.05) is 96.2 Å². The average molecular weight is 2200 g/mol. The van der Waals surface area contributed by atoms with Crippen molar-refractivity contribution in [3.63, 3.8) is 0 Å². The third kappa shape index (κ3) is 64.1. The van der Waals surface area contributed by atoms with Crippen molar-refractivity contribution < 1.29 is 140 Å². The van der Waals surface area contributed by atoms with Crippen molar-refractivity contribution in [2.45, 2.75) is 269 Å². The summed E-state index contributed by atoms with van der Waals surface area (Å²) >= 11 is 11.4. The number of alkyl halides is 9. The van der Waals surface area contributed by atoms with Gasteiger partial charge in [-0.1, -0.05) is 110 Å². The largest absolute Gasteiger partial charge is 0.508 e. The number of hydrogen-bond acceptors (Lipinski definition) is 26. The molecule has 8 aromatic rings. The number of aliphatic hydroxyl groups excluding tert-OH is 2. The normalized spacial score (nSPS) is 12.0. The van der Waals surface area contributed by atoms with Gasteiger partial charge in [0, 0.05) is 91.7 Å². The fraction of sp³-hybridized carbons (Fsp3) is 0.518. The Morgan fingerprint density at radius 2 is 0.612 bits per heavy atom. The Labute approximate surface area is 890 Å². The highest BCUT2D eigenvalue weighted by Crippen LogP contribution is 2.41. The predicted octanol–water partition coefficient (Wildman–Crippen LogP) is 29.4. The third-order valence-corrected chi connectivity index (χ3v) is 36.8. The van der Waals surface area contributed by atoms with Gasteiger partial charge in [0.15, 0.2) is 22.4 Å². The van der Waals surface area contributed by atoms with E-state index in [4.69, 9.17) is 95.7 Å². The van der Waals surface area contributed by atoms with Crippen LogP contribution in [0, 0.1) is 64.2 Å². The fourth-order valence-corrected chi connectivity index (χ4v) is 18.3. The topological polar surface area (TPSA) is 297 Å². The Hall–Kier alpha value is -9.26. The molecule has 37 heteroatoms. The van der Waals surface area contributed by atoms with Crippen LogP contribution in [0.3, 0.4) is 0 Å². The molecule has 822 valence electrons. The first-order chi connectivity index (χ1) is 69.0. The molecule has 0 saturated carbocycles. The van der Waals surface area contributed by atoms with E-state index in [1.165, 1.54) is 57.0 Å². The van der Waals surface area contributed by atoms with Crippen molar-refractivity contribution in [3.05, 3.63) is 208 Å². The summed E-state index contributed by atoms with van der Waals surface area (Å²) in [6.07, 6.45) is -3.86. The van der Waals surface area contributed by atoms with Gasteiger partial charge in [-0.15, -0.1) is 59.7 Å². The molecule has 0 aliphatic carbocycles. The van der Waals surface area contributed by atoms with Crippen LogP contribution in [0.4, 0.5) is 39.5 Å². The molecule has 0 spiro atoms. The van der Waals surface area contributed by atoms with Gasteiger partial charge in [-0.3, -0.25) is 4.79 Å². The van der Waals surface area contributed by atoms with Gasteiger partial charge >= 0.3 is 43.1 Å². The van der Waals surface area contributed by atoms with E-state index in [2.05, 4.69) is 198 Å². The van der Waals surface area contributed by atoms with Crippen LogP contribution in [0.1, 0.15) is 200 Å². The number of hydrogen-bond donors (Lipinski definition) is 4. The maximum Gasteiger partial charge on any atom is 0.416 e. The lowest BCUT2D eigenvalue weighted by molar-refractivity contribution is -0.193. The Kier molecular flexibility index (Phi) is 75.3. The number of rotatable bonds is 44. The predicted molar refractivity (Wildman–Crippen MR) is 573 cm³/mol. The van der Waals surface area contributed by atoms with E-state index in [-0.39, 0.29) is 66.0 Å². The van der Waals surface area contributed by atoms with Crippen LogP contribution in [0.5, 0.6) is 46.0 Å². The molecule has 0 amide bonds. The summed E-state index contributed by atoms with van der Waals surface area (Å²) in [5, 5.41) is 27.4. The summed E-state index contributed by atoms with van der Waals surface area (Å²) < 4.78 is 163. The number of halogens is 9. The second-order valence-electron chi connectivity index (χ2n) is 36.6. The molecule has 5 atom stereocenters. The van der Waals surface area contributed by atoms with Gasteiger partial charge in [0.25, 0.3) is 0 Å². The fourth-order valence-electron chi connectivity index (χ4n) is 11.1. The first-order valence-corrected chi connectivity index (χ1v) is 58.4. The molecule has 0 saturated heterocycles. The van der Waals surface area contributed by atoms with Gasteiger partial charge < -0.3 is 57.3 Å². The number of methoxy groups -OCH3 is 1. The Morgan fingerprint density at radius 1 is 0.361 bits per heavy atom. The van der Waals surface area contributed by atoms with Gasteiger partial charge in [0.1, 0.15) is 52.6 Å². The van der Waals surface area contributed by atoms with Crippen molar-refractivity contribution in [1.82, 2.24) is 0 Å². The standard InChI is InChI=1S/C22H27F3O2S.C21H38O2SSi.C20H23F3O2S.C15H24O2S.C11H26O2Si.C10H12O2S.C7H5F3O.4CO2/c1-4-12-26-21-11-10-20(13-16(21)3)28-15-17(5-2)14-27-19-8-6-18(7-9-19)22(23,24)25;1-9-13-22-20-12-11-19(14-17(20)3)24-16-18(10-2)15-23-25(7,8)21(4,5)6;1-4-15(13-26-18-9-10-19(24-3)14(2)11-18)12-25-17-7-5-16(6-8-17)20(21,22)23;1-4-8-17-15-7-6-14(9-12(15)3)18-11-13(5-2)10-16;1-7-10(8-12)9-13-14(5,6)11(2,3)4;1-7-5-9(13)3-4-10(7)12-6-8(2)11;8-7(9,10)5-1-3-6(11)4-2-5;4*2-1-3/h6-11,13,17H,4-5,12,14-15H2,1-3H3;11-12,14,18H,9-10,13,15-16H2,1-8H3;5-11,15H,4,12-13H2,1-3H3;6-7,9,13,16H,4-5,8,10-11H2,1-3H3;10,12H,7-9H2,1-6H3;3-5,13H,6H2,1-2H3;1-4,11H;;;;/t17-;18-;15-;13-;10-;;;;;;/m11110....../s1. The van der Waals surface area contributed by atoms with E-state index < -0.39 is 51.9 Å². The molecule has 3 N–H and O–H groups in total. The van der Waals surface area contributed by atoms with Crippen LogP contribution in [-0.4, -0.2) is 159 Å². The number of thioether (sulfide) groups is 4. The molecule has 8 aromatic carbocycles. The molecule has 21 nitrogen and oxygen atoms in total. The smallest absolute Gasteiger partial charge is 0.416 e. The van der Waals surface area contributed by atoms with E-state index in [0.29, 0.717) is 67.5 Å². The number of thiol groups is 1. The number of aromatic hydroxyl groups is 1. The van der Waals surface area contributed by atoms with E-state index >= 15 is 0 Å². The minimum Gasteiger partial charge on any atom is -0.508 e. The SMILES string of the molecule is CC(=O)COc1ccc(S)cc1C.CCCOc1ccc(SC[C@H](CC)CO)cc1C.CCCOc1ccc(SC[C@H](CC)CO[Si](C)(C)C(C)(C)C)cc1C.CCCOc1ccc(SC[C@H](CC)COc2ccc(C(F)(F)F)cc2)cc1C.CC[C@@H](CO)CO[Si](C)(C)C(C)(C)C.CC[C@H](COc1ccc(C(F)(F)F)cc1)CSc1ccc(OC)c(C)c1.O=C=O.O=C=O.O=C=O.O=C=O.Oc1ccc(C(F)(F)F)cc1. The van der Waals surface area contributed by atoms with Crippen molar-refractivity contribution in [1.29, 1.82) is 0 Å². The molecular formula is C110H155F9O21S5Si2. The molecule has 0 bridgehead atoms. The minimum absolute atomic E-state index is 0.0225. The Bertz CT molecular complexity index is 4980. The van der Waals surface area contributed by atoms with Crippen LogP contribution in [0.15, 0.2) is 188 Å². The van der Waals surface area contributed by atoms with Crippen LogP contribution < -0.4 is 33.2 Å². The second kappa shape index (κ2) is 78.0. The lowest BCUT2D eigenvalue weighted by Gasteiger charge is -2.37. The van der Waals surface area contributed by atoms with Crippen molar-refractivity contribution >= 4 is 107 Å². The van der Waals surface area contributed by atoms with Gasteiger partial charge in [-0.2, -0.15) is 77.9 Å². The second-order valence-corrected chi connectivity index (χ2v) is 51.1. The first kappa shape index (κ1) is 142. The molecule has 0 fully saturated rings. The van der Waals surface area contributed by atoms with Gasteiger partial charge in [0.05, 0.1) is 56.8 Å². The van der Waals surface area contributed by atoms with Crippen LogP contribution in [-0.2, 0) is 70.5 Å². The summed E-state index contributed by atoms with van der Waals surface area (Å²) in [4.78, 5) is 81.5. The van der Waals surface area contributed by atoms with E-state index in [1.807, 2.05) is 86.8 Å². The minimum atomic E-state index is -4.33. The molecule has 0 aliphatic heterocycles. The highest BCUT2D eigenvalue weighted by Gasteiger charge is 2.39. The molecule has 0 aromatic heterocycles. The summed E-state index contributed by atoms with van der Waals surface area (Å²) in [5.41, 5.74) is 3.53. The Morgan fingerprint density at radius 3 is 0.857 bits per heavy atom. The number of ketones is 1. The number of carbonyl (C=O) groups excluding carboxylic acids is 9. The number of aryl methyl sites for hydroxylation is 5. The highest BCUT2D eigenvalue weighted by molar-refractivity contribution is 8.00. The maximum atomic E-state index is 12.6. The molecule has 0 radical (unpaired) electrons. The van der Waals surface area contributed by atoms with Crippen molar-refractivity contribution in [3.8, 4) is 46.0 Å². The summed E-state index contributed by atoms with van der Waals surface area (Å²) in [7, 11) is -1.61. The number of ether oxygens (including phenoxy) is 7. The van der Waals surface area contributed by atoms with Gasteiger partial charge in [0.2, 0.25) is 0 Å². The van der Waals surface area contributed by atoms with E-state index in [1.54, 1.807) is 30.6 Å². The zero-order valence-electron chi connectivity index (χ0n) is 89.7. The van der Waals surface area contributed by atoms with E-state index in [0.717, 1.165) is 198 Å². The molecular weight excluding hydrogens is 2040 g/mol. The highest BCUT2D eigenvalue weighted by atomic mass is 32.2. The van der Waals surface area contributed by atoms with Gasteiger partial charge in [-0.05, 0) is 320 Å². The number of Topliss-reactive ketones (excluding diaryl/α,β-unsaturated/α-hetero) is 1. The van der Waals surface area contributed by atoms with Gasteiger partial charge in [-0.25, -0.2) is 0 Å².